The van der Waals surface area contributed by atoms with Crippen LogP contribution in [0.5, 0.6) is 0 Å². The van der Waals surface area contributed by atoms with Gasteiger partial charge in [-0.2, -0.15) is 0 Å². The Balaban J connectivity index is 1.69. The van der Waals surface area contributed by atoms with Gasteiger partial charge in [0.1, 0.15) is 0 Å². The van der Waals surface area contributed by atoms with E-state index >= 15 is 0 Å². The van der Waals surface area contributed by atoms with Crippen LogP contribution in [0.15, 0.2) is 29.2 Å². The van der Waals surface area contributed by atoms with Gasteiger partial charge in [-0.25, -0.2) is 8.42 Å². The molecular formula is C16H24N2O2S. The molecule has 0 bridgehead atoms. The van der Waals surface area contributed by atoms with Gasteiger partial charge in [0, 0.05) is 24.7 Å². The Morgan fingerprint density at radius 2 is 2.00 bits per heavy atom. The van der Waals surface area contributed by atoms with Gasteiger partial charge in [0.15, 0.2) is 9.84 Å². The van der Waals surface area contributed by atoms with Crippen LogP contribution in [-0.4, -0.2) is 44.7 Å². The summed E-state index contributed by atoms with van der Waals surface area (Å²) in [6, 6.07) is 8.79. The Morgan fingerprint density at radius 3 is 2.71 bits per heavy atom. The number of nitrogens with one attached hydrogen (secondary N) is 1. The van der Waals surface area contributed by atoms with Crippen molar-refractivity contribution in [1.29, 1.82) is 0 Å². The van der Waals surface area contributed by atoms with E-state index in [-0.39, 0.29) is 11.8 Å². The molecule has 1 aliphatic carbocycles. The maximum Gasteiger partial charge on any atom is 0.178 e. The molecule has 1 N–H and O–H groups in total. The molecular weight excluding hydrogens is 284 g/mol. The van der Waals surface area contributed by atoms with Crippen molar-refractivity contribution in [2.24, 2.45) is 0 Å². The van der Waals surface area contributed by atoms with E-state index in [1.807, 2.05) is 18.2 Å². The third kappa shape index (κ3) is 3.15. The van der Waals surface area contributed by atoms with Crippen molar-refractivity contribution < 1.29 is 8.42 Å². The van der Waals surface area contributed by atoms with Crippen LogP contribution in [0.25, 0.3) is 0 Å². The molecule has 0 radical (unpaired) electrons. The fraction of sp³-hybridized carbons (Fsp3) is 0.625. The zero-order valence-corrected chi connectivity index (χ0v) is 13.6. The lowest BCUT2D eigenvalue weighted by atomic mass is 10.0. The van der Waals surface area contributed by atoms with Crippen LogP contribution in [-0.2, 0) is 9.84 Å². The van der Waals surface area contributed by atoms with Gasteiger partial charge >= 0.3 is 0 Å². The van der Waals surface area contributed by atoms with Crippen LogP contribution in [0.1, 0.15) is 37.8 Å². The number of sulfone groups is 1. The van der Waals surface area contributed by atoms with Gasteiger partial charge in [-0.1, -0.05) is 18.2 Å². The average Bonchev–Trinajstić information content (AvgIpc) is 3.30. The zero-order chi connectivity index (χ0) is 15.0. The highest BCUT2D eigenvalue weighted by Gasteiger charge is 2.32. The van der Waals surface area contributed by atoms with Gasteiger partial charge in [0.2, 0.25) is 0 Å². The predicted molar refractivity (Wildman–Crippen MR) is 84.1 cm³/mol. The predicted octanol–water partition coefficient (Wildman–Crippen LogP) is 1.98. The van der Waals surface area contributed by atoms with E-state index in [0.717, 1.165) is 18.2 Å². The SMILES string of the molecule is CC(CNC1CCS(=O)(=O)c2ccccc21)N(C)C1CC1. The zero-order valence-electron chi connectivity index (χ0n) is 12.7. The Bertz CT molecular complexity index is 610. The highest BCUT2D eigenvalue weighted by molar-refractivity contribution is 7.91. The summed E-state index contributed by atoms with van der Waals surface area (Å²) < 4.78 is 24.3. The van der Waals surface area contributed by atoms with Gasteiger partial charge in [0.25, 0.3) is 0 Å². The first-order valence-corrected chi connectivity index (χ1v) is 9.41. The molecule has 1 aliphatic heterocycles. The molecule has 1 aromatic carbocycles. The second-order valence-corrected chi connectivity index (χ2v) is 8.43. The Hall–Kier alpha value is -0.910. The van der Waals surface area contributed by atoms with Crippen LogP contribution in [0.3, 0.4) is 0 Å². The summed E-state index contributed by atoms with van der Waals surface area (Å²) in [6.07, 6.45) is 3.29. The third-order valence-corrected chi connectivity index (χ3v) is 6.60. The first-order valence-electron chi connectivity index (χ1n) is 7.76. The number of hydrogen-bond acceptors (Lipinski definition) is 4. The van der Waals surface area contributed by atoms with E-state index in [1.165, 1.54) is 12.8 Å². The van der Waals surface area contributed by atoms with Crippen molar-refractivity contribution in [3.63, 3.8) is 0 Å². The molecule has 0 spiro atoms. The smallest absolute Gasteiger partial charge is 0.178 e. The lowest BCUT2D eigenvalue weighted by Crippen LogP contribution is -2.41. The molecule has 4 nitrogen and oxygen atoms in total. The topological polar surface area (TPSA) is 49.4 Å². The van der Waals surface area contributed by atoms with E-state index in [1.54, 1.807) is 6.07 Å². The van der Waals surface area contributed by atoms with E-state index in [9.17, 15) is 8.42 Å². The van der Waals surface area contributed by atoms with E-state index < -0.39 is 9.84 Å². The molecule has 5 heteroatoms. The van der Waals surface area contributed by atoms with Crippen molar-refractivity contribution in [3.8, 4) is 0 Å². The Labute approximate surface area is 127 Å². The summed E-state index contributed by atoms with van der Waals surface area (Å²) in [5.41, 5.74) is 0.935. The fourth-order valence-electron chi connectivity index (χ4n) is 3.10. The standard InChI is InChI=1S/C16H24N2O2S/c1-12(18(2)13-7-8-13)11-17-15-9-10-21(19,20)16-6-4-3-5-14(15)16/h3-6,12-13,15,17H,7-11H2,1-2H3. The van der Waals surface area contributed by atoms with Crippen LogP contribution < -0.4 is 5.32 Å². The second-order valence-electron chi connectivity index (χ2n) is 6.35. The molecule has 0 aromatic heterocycles. The van der Waals surface area contributed by atoms with Crippen LogP contribution >= 0.6 is 0 Å². The van der Waals surface area contributed by atoms with Crippen molar-refractivity contribution in [2.75, 3.05) is 19.3 Å². The molecule has 2 atom stereocenters. The molecule has 0 amide bonds. The molecule has 2 aliphatic rings. The van der Waals surface area contributed by atoms with E-state index in [2.05, 4.69) is 24.2 Å². The number of benzene rings is 1. The van der Waals surface area contributed by atoms with Crippen LogP contribution in [0.2, 0.25) is 0 Å². The largest absolute Gasteiger partial charge is 0.308 e. The van der Waals surface area contributed by atoms with Crippen LogP contribution in [0.4, 0.5) is 0 Å². The minimum atomic E-state index is -3.08. The fourth-order valence-corrected chi connectivity index (χ4v) is 4.72. The molecule has 2 unspecified atom stereocenters. The number of fused-ring (bicyclic) bond motifs is 1. The minimum absolute atomic E-state index is 0.153. The number of nitrogens with zero attached hydrogens (tertiary/aromatic N) is 1. The van der Waals surface area contributed by atoms with Crippen molar-refractivity contribution in [1.82, 2.24) is 10.2 Å². The maximum atomic E-state index is 12.1. The minimum Gasteiger partial charge on any atom is -0.308 e. The third-order valence-electron chi connectivity index (χ3n) is 4.78. The molecule has 1 heterocycles. The summed E-state index contributed by atoms with van der Waals surface area (Å²) in [4.78, 5) is 2.94. The summed E-state index contributed by atoms with van der Waals surface area (Å²) in [6.45, 7) is 3.13. The molecule has 21 heavy (non-hydrogen) atoms. The lowest BCUT2D eigenvalue weighted by Gasteiger charge is -2.30. The van der Waals surface area contributed by atoms with Gasteiger partial charge in [-0.05, 0) is 44.9 Å². The van der Waals surface area contributed by atoms with Gasteiger partial charge < -0.3 is 5.32 Å². The summed E-state index contributed by atoms with van der Waals surface area (Å²) in [7, 11) is -0.900. The number of likely N-dealkylation sites (N-methyl/N-ethyl adjacent to an activating group) is 1. The maximum absolute atomic E-state index is 12.1. The highest BCUT2D eigenvalue weighted by atomic mass is 32.2. The van der Waals surface area contributed by atoms with Crippen LogP contribution in [0, 0.1) is 0 Å². The van der Waals surface area contributed by atoms with Crippen molar-refractivity contribution in [2.45, 2.75) is 49.2 Å². The Kier molecular flexibility index (Phi) is 4.08. The summed E-state index contributed by atoms with van der Waals surface area (Å²) in [5, 5.41) is 3.57. The first kappa shape index (κ1) is 15.0. The normalized spacial score (nSPS) is 25.6. The summed E-state index contributed by atoms with van der Waals surface area (Å²) >= 11 is 0. The highest BCUT2D eigenvalue weighted by Crippen LogP contribution is 2.32. The molecule has 1 fully saturated rings. The molecule has 1 aromatic rings. The van der Waals surface area contributed by atoms with Gasteiger partial charge in [-0.15, -0.1) is 0 Å². The molecule has 1 saturated carbocycles. The van der Waals surface area contributed by atoms with Gasteiger partial charge in [-0.3, -0.25) is 4.90 Å². The molecule has 0 saturated heterocycles. The lowest BCUT2D eigenvalue weighted by molar-refractivity contribution is 0.234. The summed E-state index contributed by atoms with van der Waals surface area (Å²) in [5.74, 6) is 0.245. The van der Waals surface area contributed by atoms with E-state index in [0.29, 0.717) is 17.4 Å². The van der Waals surface area contributed by atoms with E-state index in [4.69, 9.17) is 0 Å². The number of rotatable bonds is 5. The molecule has 116 valence electrons. The number of hydrogen-bond donors (Lipinski definition) is 1. The average molecular weight is 308 g/mol. The van der Waals surface area contributed by atoms with Gasteiger partial charge in [0.05, 0.1) is 10.6 Å². The molecule has 3 rings (SSSR count). The van der Waals surface area contributed by atoms with Crippen molar-refractivity contribution >= 4 is 9.84 Å². The van der Waals surface area contributed by atoms with Crippen molar-refractivity contribution in [3.05, 3.63) is 29.8 Å². The monoisotopic (exact) mass is 308 g/mol. The quantitative estimate of drug-likeness (QED) is 0.903. The second kappa shape index (κ2) is 5.71. The Morgan fingerprint density at radius 1 is 1.29 bits per heavy atom. The first-order chi connectivity index (χ1) is 9.99.